The molecule has 29 heavy (non-hydrogen) atoms. The van der Waals surface area contributed by atoms with E-state index in [1.807, 2.05) is 18.2 Å². The van der Waals surface area contributed by atoms with Crippen molar-refractivity contribution >= 4 is 11.9 Å². The monoisotopic (exact) mass is 404 g/mol. The predicted octanol–water partition coefficient (Wildman–Crippen LogP) is 2.94. The molecule has 0 saturated heterocycles. The van der Waals surface area contributed by atoms with Gasteiger partial charge in [-0.25, -0.2) is 4.99 Å². The molecule has 0 aliphatic heterocycles. The van der Waals surface area contributed by atoms with Crippen LogP contribution in [0, 0.1) is 0 Å². The molecule has 2 rings (SSSR count). The van der Waals surface area contributed by atoms with Crippen molar-refractivity contribution in [1.29, 1.82) is 0 Å². The van der Waals surface area contributed by atoms with E-state index in [0.717, 1.165) is 49.3 Å². The number of ether oxygens (including phenoxy) is 2. The van der Waals surface area contributed by atoms with Gasteiger partial charge in [0.15, 0.2) is 17.5 Å². The summed E-state index contributed by atoms with van der Waals surface area (Å²) in [5, 5.41) is 6.43. The van der Waals surface area contributed by atoms with Crippen LogP contribution < -0.4 is 20.1 Å². The molecule has 0 unspecified atom stereocenters. The van der Waals surface area contributed by atoms with Gasteiger partial charge in [-0.3, -0.25) is 4.79 Å². The molecule has 1 fully saturated rings. The lowest BCUT2D eigenvalue weighted by Crippen LogP contribution is -2.43. The van der Waals surface area contributed by atoms with E-state index in [1.54, 1.807) is 26.1 Å². The molecule has 1 aliphatic rings. The van der Waals surface area contributed by atoms with Gasteiger partial charge in [0.25, 0.3) is 0 Å². The van der Waals surface area contributed by atoms with E-state index < -0.39 is 0 Å². The molecule has 0 heterocycles. The highest BCUT2D eigenvalue weighted by Gasteiger charge is 2.20. The first-order valence-corrected chi connectivity index (χ1v) is 10.6. The first-order valence-electron chi connectivity index (χ1n) is 10.6. The van der Waals surface area contributed by atoms with Crippen molar-refractivity contribution in [1.82, 2.24) is 15.5 Å². The molecular formula is C22H36N4O3. The van der Waals surface area contributed by atoms with Crippen molar-refractivity contribution in [3.05, 3.63) is 23.8 Å². The summed E-state index contributed by atoms with van der Waals surface area (Å²) >= 11 is 0. The van der Waals surface area contributed by atoms with Gasteiger partial charge >= 0.3 is 0 Å². The van der Waals surface area contributed by atoms with Crippen LogP contribution in [-0.2, 0) is 11.3 Å². The van der Waals surface area contributed by atoms with Crippen LogP contribution in [0.3, 0.4) is 0 Å². The fourth-order valence-corrected chi connectivity index (χ4v) is 3.19. The Hall–Kier alpha value is -2.44. The first kappa shape index (κ1) is 22.8. The van der Waals surface area contributed by atoms with Crippen LogP contribution in [0.2, 0.25) is 0 Å². The molecule has 0 aromatic heterocycles. The van der Waals surface area contributed by atoms with E-state index in [1.165, 1.54) is 12.8 Å². The number of rotatable bonds is 10. The average Bonchev–Trinajstić information content (AvgIpc) is 3.23. The van der Waals surface area contributed by atoms with Crippen LogP contribution in [-0.4, -0.2) is 57.2 Å². The number of nitrogens with zero attached hydrogens (tertiary/aromatic N) is 2. The van der Waals surface area contributed by atoms with Crippen molar-refractivity contribution in [3.63, 3.8) is 0 Å². The van der Waals surface area contributed by atoms with Crippen LogP contribution in [0.5, 0.6) is 11.5 Å². The van der Waals surface area contributed by atoms with Crippen molar-refractivity contribution in [2.24, 2.45) is 4.99 Å². The summed E-state index contributed by atoms with van der Waals surface area (Å²) < 4.78 is 11.8. The maximum atomic E-state index is 11.9. The van der Waals surface area contributed by atoms with E-state index in [0.29, 0.717) is 12.5 Å². The summed E-state index contributed by atoms with van der Waals surface area (Å²) in [6.45, 7) is 3.60. The molecule has 1 aromatic rings. The summed E-state index contributed by atoms with van der Waals surface area (Å²) in [4.78, 5) is 18.2. The molecule has 162 valence electrons. The molecule has 1 saturated carbocycles. The van der Waals surface area contributed by atoms with Crippen molar-refractivity contribution in [2.75, 3.05) is 34.3 Å². The van der Waals surface area contributed by atoms with Gasteiger partial charge < -0.3 is 25.0 Å². The van der Waals surface area contributed by atoms with E-state index in [2.05, 4.69) is 17.6 Å². The highest BCUT2D eigenvalue weighted by molar-refractivity contribution is 5.86. The fraction of sp³-hybridized carbons (Fsp3) is 0.636. The number of carbonyl (C=O) groups excluding carboxylic acids is 1. The average molecular weight is 405 g/mol. The highest BCUT2D eigenvalue weighted by Crippen LogP contribution is 2.35. The molecule has 7 nitrogen and oxygen atoms in total. The van der Waals surface area contributed by atoms with Crippen LogP contribution >= 0.6 is 0 Å². The lowest BCUT2D eigenvalue weighted by Gasteiger charge is -2.19. The summed E-state index contributed by atoms with van der Waals surface area (Å²) in [7, 11) is 5.15. The van der Waals surface area contributed by atoms with Crippen LogP contribution in [0.25, 0.3) is 0 Å². The molecule has 0 atom stereocenters. The lowest BCUT2D eigenvalue weighted by molar-refractivity contribution is -0.127. The second-order valence-electron chi connectivity index (χ2n) is 7.56. The Balaban J connectivity index is 2.13. The highest BCUT2D eigenvalue weighted by atomic mass is 16.5. The molecule has 1 aliphatic carbocycles. The Kier molecular flexibility index (Phi) is 9.60. The smallest absolute Gasteiger partial charge is 0.241 e. The number of hydrogen-bond acceptors (Lipinski definition) is 4. The summed E-state index contributed by atoms with van der Waals surface area (Å²) in [6, 6.07) is 5.90. The number of carbonyl (C=O) groups is 1. The minimum absolute atomic E-state index is 0.00151. The van der Waals surface area contributed by atoms with Crippen LogP contribution in [0.1, 0.15) is 51.0 Å². The largest absolute Gasteiger partial charge is 0.493 e. The number of amides is 1. The topological polar surface area (TPSA) is 75.2 Å². The van der Waals surface area contributed by atoms with Gasteiger partial charge in [0, 0.05) is 26.2 Å². The summed E-state index contributed by atoms with van der Waals surface area (Å²) in [5.74, 6) is 2.15. The third-order valence-electron chi connectivity index (χ3n) is 5.00. The standard InChI is InChI=1S/C22H36N4O3/c1-5-6-14-23-22(25-16-20(27)26(2)3)24-15-17-10-9-13-19(28-4)21(17)29-18-11-7-8-12-18/h9-10,13,18H,5-8,11-12,14-16H2,1-4H3,(H2,23,24,25). The first-order chi connectivity index (χ1) is 14.0. The zero-order valence-corrected chi connectivity index (χ0v) is 18.3. The van der Waals surface area contributed by atoms with Gasteiger partial charge in [-0.05, 0) is 38.2 Å². The third-order valence-corrected chi connectivity index (χ3v) is 5.00. The minimum atomic E-state index is 0.00151. The SMILES string of the molecule is CCCCNC(=NCc1cccc(OC)c1OC1CCCC1)NCC(=O)N(C)C. The third kappa shape index (κ3) is 7.48. The van der Waals surface area contributed by atoms with Gasteiger partial charge in [0.1, 0.15) is 0 Å². The fourth-order valence-electron chi connectivity index (χ4n) is 3.19. The Labute approximate surface area is 174 Å². The second-order valence-corrected chi connectivity index (χ2v) is 7.56. The van der Waals surface area contributed by atoms with E-state index >= 15 is 0 Å². The van der Waals surface area contributed by atoms with Crippen LogP contribution in [0.4, 0.5) is 0 Å². The van der Waals surface area contributed by atoms with E-state index in [4.69, 9.17) is 14.5 Å². The Morgan fingerprint density at radius 1 is 1.24 bits per heavy atom. The van der Waals surface area contributed by atoms with Gasteiger partial charge in [0.2, 0.25) is 5.91 Å². The number of likely N-dealkylation sites (N-methyl/N-ethyl adjacent to an activating group) is 1. The number of methoxy groups -OCH3 is 1. The minimum Gasteiger partial charge on any atom is -0.493 e. The Morgan fingerprint density at radius 2 is 2.00 bits per heavy atom. The number of guanidine groups is 1. The van der Waals surface area contributed by atoms with Crippen molar-refractivity contribution < 1.29 is 14.3 Å². The number of unbranched alkanes of at least 4 members (excludes halogenated alkanes) is 1. The number of para-hydroxylation sites is 1. The van der Waals surface area contributed by atoms with E-state index in [-0.39, 0.29) is 18.6 Å². The molecule has 1 aromatic carbocycles. The molecule has 1 amide bonds. The summed E-state index contributed by atoms with van der Waals surface area (Å²) in [6.07, 6.45) is 6.96. The second kappa shape index (κ2) is 12.2. The van der Waals surface area contributed by atoms with Gasteiger partial charge in [-0.2, -0.15) is 0 Å². The molecule has 2 N–H and O–H groups in total. The molecule has 0 radical (unpaired) electrons. The number of nitrogens with one attached hydrogen (secondary N) is 2. The van der Waals surface area contributed by atoms with Gasteiger partial charge in [-0.1, -0.05) is 25.5 Å². The van der Waals surface area contributed by atoms with Crippen LogP contribution in [0.15, 0.2) is 23.2 Å². The van der Waals surface area contributed by atoms with E-state index in [9.17, 15) is 4.79 Å². The zero-order valence-electron chi connectivity index (χ0n) is 18.3. The number of benzene rings is 1. The van der Waals surface area contributed by atoms with Gasteiger partial charge in [0.05, 0.1) is 26.3 Å². The zero-order chi connectivity index (χ0) is 21.1. The van der Waals surface area contributed by atoms with Gasteiger partial charge in [-0.15, -0.1) is 0 Å². The molecule has 0 spiro atoms. The quantitative estimate of drug-likeness (QED) is 0.356. The maximum absolute atomic E-state index is 11.9. The van der Waals surface area contributed by atoms with Crippen molar-refractivity contribution in [2.45, 2.75) is 58.1 Å². The lowest BCUT2D eigenvalue weighted by atomic mass is 10.1. The molecular weight excluding hydrogens is 368 g/mol. The molecule has 0 bridgehead atoms. The summed E-state index contributed by atoms with van der Waals surface area (Å²) in [5.41, 5.74) is 0.978. The number of hydrogen-bond donors (Lipinski definition) is 2. The molecule has 7 heteroatoms. The Morgan fingerprint density at radius 3 is 2.66 bits per heavy atom. The maximum Gasteiger partial charge on any atom is 0.241 e. The number of aliphatic imine (C=N–C) groups is 1. The van der Waals surface area contributed by atoms with Crippen molar-refractivity contribution in [3.8, 4) is 11.5 Å². The normalized spacial score (nSPS) is 14.6. The Bertz CT molecular complexity index is 670. The predicted molar refractivity (Wildman–Crippen MR) is 117 cm³/mol.